The zero-order valence-electron chi connectivity index (χ0n) is 13.1. The quantitative estimate of drug-likeness (QED) is 0.544. The maximum atomic E-state index is 12.5. The molecule has 2 unspecified atom stereocenters. The Labute approximate surface area is 118 Å². The Balaban J connectivity index is 2.13. The molecule has 0 radical (unpaired) electrons. The molecule has 0 spiro atoms. The molecule has 110 valence electrons. The van der Waals surface area contributed by atoms with E-state index in [-0.39, 0.29) is 17.0 Å². The van der Waals surface area contributed by atoms with Crippen molar-refractivity contribution < 1.29 is 9.53 Å². The highest BCUT2D eigenvalue weighted by molar-refractivity contribution is 5.76. The first-order valence-electron chi connectivity index (χ1n) is 8.13. The van der Waals surface area contributed by atoms with Crippen molar-refractivity contribution in [3.05, 3.63) is 0 Å². The summed E-state index contributed by atoms with van der Waals surface area (Å²) in [5.74, 6) is 1.36. The monoisotopic (exact) mass is 266 g/mol. The number of hydrogen-bond donors (Lipinski definition) is 0. The fourth-order valence-corrected chi connectivity index (χ4v) is 3.33. The van der Waals surface area contributed by atoms with Gasteiger partial charge in [-0.15, -0.1) is 0 Å². The molecule has 2 aliphatic carbocycles. The van der Waals surface area contributed by atoms with Crippen LogP contribution in [0.2, 0.25) is 0 Å². The van der Waals surface area contributed by atoms with E-state index in [0.717, 1.165) is 19.3 Å². The average molecular weight is 266 g/mol. The van der Waals surface area contributed by atoms with Gasteiger partial charge in [0.15, 0.2) is 0 Å². The molecule has 0 aromatic carbocycles. The third-order valence-electron chi connectivity index (χ3n) is 5.29. The molecule has 0 aromatic heterocycles. The minimum absolute atomic E-state index is 0.0241. The summed E-state index contributed by atoms with van der Waals surface area (Å²) in [7, 11) is 0. The van der Waals surface area contributed by atoms with Gasteiger partial charge in [-0.2, -0.15) is 0 Å². The largest absolute Gasteiger partial charge is 0.458 e. The van der Waals surface area contributed by atoms with Crippen LogP contribution in [0.3, 0.4) is 0 Å². The molecule has 2 fully saturated rings. The molecule has 0 amide bonds. The highest BCUT2D eigenvalue weighted by Crippen LogP contribution is 2.50. The van der Waals surface area contributed by atoms with Crippen molar-refractivity contribution in [3.63, 3.8) is 0 Å². The van der Waals surface area contributed by atoms with Crippen molar-refractivity contribution in [2.45, 2.75) is 84.7 Å². The van der Waals surface area contributed by atoms with Crippen molar-refractivity contribution >= 4 is 5.97 Å². The second-order valence-corrected chi connectivity index (χ2v) is 7.52. The van der Waals surface area contributed by atoms with Crippen LogP contribution in [0.1, 0.15) is 79.1 Å². The minimum Gasteiger partial charge on any atom is -0.458 e. The van der Waals surface area contributed by atoms with Crippen LogP contribution in [-0.2, 0) is 9.53 Å². The average Bonchev–Trinajstić information content (AvgIpc) is 3.17. The van der Waals surface area contributed by atoms with Gasteiger partial charge in [0.05, 0.1) is 5.41 Å². The van der Waals surface area contributed by atoms with Crippen molar-refractivity contribution in [1.29, 1.82) is 0 Å². The second-order valence-electron chi connectivity index (χ2n) is 7.52. The first kappa shape index (κ1) is 14.9. The predicted molar refractivity (Wildman–Crippen MR) is 77.9 cm³/mol. The smallest absolute Gasteiger partial charge is 0.312 e. The van der Waals surface area contributed by atoms with Crippen LogP contribution in [0.15, 0.2) is 0 Å². The molecule has 0 saturated heterocycles. The summed E-state index contributed by atoms with van der Waals surface area (Å²) < 4.78 is 6.17. The van der Waals surface area contributed by atoms with Crippen molar-refractivity contribution in [2.24, 2.45) is 17.3 Å². The number of ether oxygens (including phenoxy) is 1. The molecule has 2 aliphatic rings. The van der Waals surface area contributed by atoms with Crippen molar-refractivity contribution in [2.75, 3.05) is 0 Å². The van der Waals surface area contributed by atoms with E-state index < -0.39 is 0 Å². The van der Waals surface area contributed by atoms with Gasteiger partial charge in [-0.3, -0.25) is 4.79 Å². The highest BCUT2D eigenvalue weighted by Gasteiger charge is 2.50. The van der Waals surface area contributed by atoms with Gasteiger partial charge < -0.3 is 4.74 Å². The third-order valence-corrected chi connectivity index (χ3v) is 5.29. The molecule has 2 heteroatoms. The predicted octanol–water partition coefficient (Wildman–Crippen LogP) is 4.71. The fraction of sp³-hybridized carbons (Fsp3) is 0.941. The van der Waals surface area contributed by atoms with Gasteiger partial charge >= 0.3 is 5.97 Å². The lowest BCUT2D eigenvalue weighted by Gasteiger charge is -2.37. The molecule has 2 rings (SSSR count). The Morgan fingerprint density at radius 3 is 2.53 bits per heavy atom. The zero-order valence-corrected chi connectivity index (χ0v) is 13.1. The molecule has 0 aliphatic heterocycles. The van der Waals surface area contributed by atoms with Gasteiger partial charge in [-0.1, -0.05) is 26.7 Å². The summed E-state index contributed by atoms with van der Waals surface area (Å²) in [6, 6.07) is 0. The Morgan fingerprint density at radius 2 is 1.95 bits per heavy atom. The molecule has 0 heterocycles. The lowest BCUT2D eigenvalue weighted by molar-refractivity contribution is -0.176. The molecular weight excluding hydrogens is 236 g/mol. The Morgan fingerprint density at radius 1 is 1.26 bits per heavy atom. The van der Waals surface area contributed by atoms with E-state index in [2.05, 4.69) is 13.8 Å². The SMILES string of the molecule is CCC(C)(C)C(=O)OC1(C2CC2)CCCCC(C)C1. The summed E-state index contributed by atoms with van der Waals surface area (Å²) in [6.45, 7) is 8.41. The van der Waals surface area contributed by atoms with E-state index in [1.807, 2.05) is 13.8 Å². The molecule has 2 nitrogen and oxygen atoms in total. The molecule has 19 heavy (non-hydrogen) atoms. The van der Waals surface area contributed by atoms with E-state index in [9.17, 15) is 4.79 Å². The Bertz CT molecular complexity index is 330. The summed E-state index contributed by atoms with van der Waals surface area (Å²) in [5.41, 5.74) is -0.461. The van der Waals surface area contributed by atoms with Gasteiger partial charge in [0, 0.05) is 0 Å². The minimum atomic E-state index is -0.336. The highest BCUT2D eigenvalue weighted by atomic mass is 16.6. The van der Waals surface area contributed by atoms with E-state index in [4.69, 9.17) is 4.74 Å². The topological polar surface area (TPSA) is 26.3 Å². The molecule has 2 atom stereocenters. The van der Waals surface area contributed by atoms with Crippen LogP contribution in [0.4, 0.5) is 0 Å². The lowest BCUT2D eigenvalue weighted by atomic mass is 9.84. The molecular formula is C17H30O2. The number of rotatable bonds is 4. The maximum absolute atomic E-state index is 12.5. The molecule has 2 saturated carbocycles. The molecule has 0 aromatic rings. The maximum Gasteiger partial charge on any atom is 0.312 e. The summed E-state index contributed by atoms with van der Waals surface area (Å²) >= 11 is 0. The van der Waals surface area contributed by atoms with E-state index in [1.54, 1.807) is 0 Å². The fourth-order valence-electron chi connectivity index (χ4n) is 3.33. The van der Waals surface area contributed by atoms with Gasteiger partial charge in [0.2, 0.25) is 0 Å². The van der Waals surface area contributed by atoms with Gasteiger partial charge in [0.25, 0.3) is 0 Å². The van der Waals surface area contributed by atoms with Gasteiger partial charge in [-0.25, -0.2) is 0 Å². The van der Waals surface area contributed by atoms with Crippen LogP contribution in [0.5, 0.6) is 0 Å². The Kier molecular flexibility index (Phi) is 4.27. The van der Waals surface area contributed by atoms with Crippen molar-refractivity contribution in [1.82, 2.24) is 0 Å². The van der Waals surface area contributed by atoms with Crippen LogP contribution in [-0.4, -0.2) is 11.6 Å². The lowest BCUT2D eigenvalue weighted by Crippen LogP contribution is -2.42. The van der Waals surface area contributed by atoms with Crippen molar-refractivity contribution in [3.8, 4) is 0 Å². The summed E-state index contributed by atoms with van der Waals surface area (Å²) in [6.07, 6.45) is 9.35. The number of hydrogen-bond acceptors (Lipinski definition) is 2. The molecule has 0 N–H and O–H groups in total. The van der Waals surface area contributed by atoms with E-state index in [0.29, 0.717) is 11.8 Å². The number of carbonyl (C=O) groups is 1. The van der Waals surface area contributed by atoms with E-state index in [1.165, 1.54) is 32.1 Å². The van der Waals surface area contributed by atoms with Crippen LogP contribution in [0.25, 0.3) is 0 Å². The van der Waals surface area contributed by atoms with E-state index >= 15 is 0 Å². The van der Waals surface area contributed by atoms with Crippen LogP contribution in [0, 0.1) is 17.3 Å². The summed E-state index contributed by atoms with van der Waals surface area (Å²) in [4.78, 5) is 12.5. The first-order valence-corrected chi connectivity index (χ1v) is 8.13. The van der Waals surface area contributed by atoms with Crippen LogP contribution >= 0.6 is 0 Å². The van der Waals surface area contributed by atoms with Gasteiger partial charge in [-0.05, 0) is 64.2 Å². The third kappa shape index (κ3) is 3.32. The molecule has 0 bridgehead atoms. The normalized spacial score (nSPS) is 32.7. The zero-order chi connectivity index (χ0) is 14.1. The Hall–Kier alpha value is -0.530. The summed E-state index contributed by atoms with van der Waals surface area (Å²) in [5, 5.41) is 0. The van der Waals surface area contributed by atoms with Gasteiger partial charge in [0.1, 0.15) is 5.60 Å². The first-order chi connectivity index (χ1) is 8.89. The number of carbonyl (C=O) groups excluding carboxylic acids is 1. The number of esters is 1. The standard InChI is InChI=1S/C17H30O2/c1-5-16(3,4)15(18)19-17(14-9-10-14)11-7-6-8-13(2)12-17/h13-14H,5-12H2,1-4H3. The van der Waals surface area contributed by atoms with Crippen LogP contribution < -0.4 is 0 Å². The second kappa shape index (κ2) is 5.46.